The van der Waals surface area contributed by atoms with Crippen molar-refractivity contribution in [1.29, 1.82) is 0 Å². The first-order valence-corrected chi connectivity index (χ1v) is 15.8. The summed E-state index contributed by atoms with van der Waals surface area (Å²) in [6, 6.07) is 21.8. The molecule has 9 nitrogen and oxygen atoms in total. The number of fused-ring (bicyclic) bond motifs is 1. The predicted octanol–water partition coefficient (Wildman–Crippen LogP) is 4.44. The summed E-state index contributed by atoms with van der Waals surface area (Å²) in [6.07, 6.45) is -5.00. The second-order valence-corrected chi connectivity index (χ2v) is 13.2. The van der Waals surface area contributed by atoms with Crippen molar-refractivity contribution in [2.75, 3.05) is 7.11 Å². The van der Waals surface area contributed by atoms with Crippen molar-refractivity contribution in [3.8, 4) is 0 Å². The second kappa shape index (κ2) is 11.7. The molecule has 2 heterocycles. The third-order valence-corrected chi connectivity index (χ3v) is 9.77. The van der Waals surface area contributed by atoms with Gasteiger partial charge in [-0.3, -0.25) is 8.37 Å². The van der Waals surface area contributed by atoms with E-state index in [2.05, 4.69) is 0 Å². The van der Waals surface area contributed by atoms with Gasteiger partial charge in [0.05, 0.1) is 22.0 Å². The fourth-order valence-corrected chi connectivity index (χ4v) is 7.14. The number of hydrogen-bond acceptors (Lipinski definition) is 9. The number of rotatable bonds is 8. The second-order valence-electron chi connectivity index (χ2n) is 10.0. The molecule has 3 aromatic carbocycles. The molecule has 2 fully saturated rings. The largest absolute Gasteiger partial charge is 0.365 e. The Hall–Kier alpha value is -2.64. The van der Waals surface area contributed by atoms with Gasteiger partial charge in [0.25, 0.3) is 20.2 Å². The molecule has 6 atom stereocenters. The van der Waals surface area contributed by atoms with Gasteiger partial charge in [-0.05, 0) is 56.5 Å². The first kappa shape index (κ1) is 28.9. The van der Waals surface area contributed by atoms with Crippen LogP contribution in [0, 0.1) is 13.8 Å². The van der Waals surface area contributed by atoms with Gasteiger partial charge in [0.15, 0.2) is 12.4 Å². The van der Waals surface area contributed by atoms with E-state index in [9.17, 15) is 16.8 Å². The van der Waals surface area contributed by atoms with Gasteiger partial charge in [-0.15, -0.1) is 0 Å². The van der Waals surface area contributed by atoms with Crippen LogP contribution in [0.5, 0.6) is 0 Å². The number of benzene rings is 3. The molecule has 0 aliphatic carbocycles. The highest BCUT2D eigenvalue weighted by atomic mass is 32.2. The lowest BCUT2D eigenvalue weighted by molar-refractivity contribution is -0.305. The first-order chi connectivity index (χ1) is 19.1. The number of ether oxygens (including phenoxy) is 3. The fourth-order valence-electron chi connectivity index (χ4n) is 4.98. The van der Waals surface area contributed by atoms with Crippen LogP contribution < -0.4 is 0 Å². The lowest BCUT2D eigenvalue weighted by Crippen LogP contribution is -2.62. The highest BCUT2D eigenvalue weighted by Crippen LogP contribution is 2.41. The molecule has 0 spiro atoms. The highest BCUT2D eigenvalue weighted by molar-refractivity contribution is 7.87. The molecule has 0 saturated carbocycles. The van der Waals surface area contributed by atoms with Crippen molar-refractivity contribution in [2.45, 2.75) is 73.3 Å². The summed E-state index contributed by atoms with van der Waals surface area (Å²) in [5.74, 6) is 0. The minimum Gasteiger partial charge on any atom is -0.365 e. The number of aryl methyl sites for hydroxylation is 2. The lowest BCUT2D eigenvalue weighted by Gasteiger charge is -2.48. The molecule has 3 aromatic rings. The average Bonchev–Trinajstić information content (AvgIpc) is 2.94. The summed E-state index contributed by atoms with van der Waals surface area (Å²) < 4.78 is 83.1. The minimum atomic E-state index is -4.37. The molecule has 2 saturated heterocycles. The Morgan fingerprint density at radius 2 is 1.20 bits per heavy atom. The molecule has 0 unspecified atom stereocenters. The topological polar surface area (TPSA) is 114 Å². The predicted molar refractivity (Wildman–Crippen MR) is 145 cm³/mol. The zero-order valence-corrected chi connectivity index (χ0v) is 24.0. The van der Waals surface area contributed by atoms with Crippen LogP contribution in [0.2, 0.25) is 0 Å². The Morgan fingerprint density at radius 3 is 1.73 bits per heavy atom. The summed E-state index contributed by atoms with van der Waals surface area (Å²) in [7, 11) is -7.40. The summed E-state index contributed by atoms with van der Waals surface area (Å²) in [6.45, 7) is 3.67. The number of hydrogen-bond donors (Lipinski definition) is 0. The normalized spacial score (nSPS) is 27.2. The Kier molecular flexibility index (Phi) is 8.44. The molecule has 2 aliphatic heterocycles. The van der Waals surface area contributed by atoms with Crippen molar-refractivity contribution in [1.82, 2.24) is 0 Å². The smallest absolute Gasteiger partial charge is 0.297 e. The zero-order valence-electron chi connectivity index (χ0n) is 22.4. The van der Waals surface area contributed by atoms with Gasteiger partial charge in [0.1, 0.15) is 12.2 Å². The molecule has 40 heavy (non-hydrogen) atoms. The molecule has 0 aromatic heterocycles. The van der Waals surface area contributed by atoms with Crippen LogP contribution in [0.25, 0.3) is 0 Å². The van der Waals surface area contributed by atoms with Gasteiger partial charge >= 0.3 is 0 Å². The van der Waals surface area contributed by atoms with Crippen molar-refractivity contribution in [3.63, 3.8) is 0 Å². The molecule has 11 heteroatoms. The van der Waals surface area contributed by atoms with Crippen LogP contribution in [0.3, 0.4) is 0 Å². The molecule has 0 radical (unpaired) electrons. The average molecular weight is 589 g/mol. The van der Waals surface area contributed by atoms with Gasteiger partial charge in [0.2, 0.25) is 0 Å². The van der Waals surface area contributed by atoms with E-state index >= 15 is 0 Å². The van der Waals surface area contributed by atoms with Crippen molar-refractivity contribution in [3.05, 3.63) is 95.6 Å². The third-order valence-electron chi connectivity index (χ3n) is 7.12. The Bertz CT molecular complexity index is 1510. The minimum absolute atomic E-state index is 0.0781. The zero-order chi connectivity index (χ0) is 28.5. The van der Waals surface area contributed by atoms with Gasteiger partial charge in [-0.25, -0.2) is 0 Å². The standard InChI is InChI=1S/C29H32O9S2/c1-19-9-13-22(14-10-19)39(30,31)37-27-26-25(18-17-24(35-26)21-7-5-4-6-8-21)36-29(34-3)28(27)38-40(32,33)23-15-11-20(2)12-16-23/h4-16,24-29H,17-18H2,1-3H3/t24-,25-,26-,27-,28+,29-/m0/s1. The van der Waals surface area contributed by atoms with Gasteiger partial charge in [-0.1, -0.05) is 65.7 Å². The van der Waals surface area contributed by atoms with Crippen LogP contribution in [0.4, 0.5) is 0 Å². The third kappa shape index (κ3) is 6.15. The van der Waals surface area contributed by atoms with E-state index in [0.29, 0.717) is 12.8 Å². The quantitative estimate of drug-likeness (QED) is 0.352. The molecule has 0 N–H and O–H groups in total. The van der Waals surface area contributed by atoms with Crippen LogP contribution in [0.1, 0.15) is 35.6 Å². The molecule has 0 bridgehead atoms. The monoisotopic (exact) mass is 588 g/mol. The van der Waals surface area contributed by atoms with E-state index in [1.807, 2.05) is 44.2 Å². The van der Waals surface area contributed by atoms with Crippen molar-refractivity contribution < 1.29 is 39.4 Å². The Balaban J connectivity index is 1.53. The van der Waals surface area contributed by atoms with Crippen LogP contribution in [0.15, 0.2) is 88.7 Å². The summed E-state index contributed by atoms with van der Waals surface area (Å²) in [4.78, 5) is -0.174. The van der Waals surface area contributed by atoms with Crippen LogP contribution in [-0.4, -0.2) is 54.7 Å². The fraction of sp³-hybridized carbons (Fsp3) is 0.379. The molecule has 0 amide bonds. The van der Waals surface area contributed by atoms with Crippen LogP contribution >= 0.6 is 0 Å². The molecule has 2 aliphatic rings. The summed E-state index contributed by atoms with van der Waals surface area (Å²) in [5, 5.41) is 0. The van der Waals surface area contributed by atoms with Gasteiger partial charge in [0, 0.05) is 7.11 Å². The Labute approximate surface area is 235 Å². The van der Waals surface area contributed by atoms with E-state index in [4.69, 9.17) is 22.6 Å². The maximum atomic E-state index is 13.5. The maximum Gasteiger partial charge on any atom is 0.297 e. The first-order valence-electron chi connectivity index (χ1n) is 13.0. The molecular weight excluding hydrogens is 556 g/mol. The van der Waals surface area contributed by atoms with E-state index in [1.165, 1.54) is 31.4 Å². The lowest BCUT2D eigenvalue weighted by atomic mass is 9.90. The van der Waals surface area contributed by atoms with Crippen molar-refractivity contribution in [2.24, 2.45) is 0 Å². The Morgan fingerprint density at radius 1 is 0.675 bits per heavy atom. The highest BCUT2D eigenvalue weighted by Gasteiger charge is 2.54. The number of methoxy groups -OCH3 is 1. The summed E-state index contributed by atoms with van der Waals surface area (Å²) >= 11 is 0. The summed E-state index contributed by atoms with van der Waals surface area (Å²) in [5.41, 5.74) is 2.64. The maximum absolute atomic E-state index is 13.5. The van der Waals surface area contributed by atoms with E-state index in [0.717, 1.165) is 16.7 Å². The van der Waals surface area contributed by atoms with E-state index in [-0.39, 0.29) is 15.9 Å². The van der Waals surface area contributed by atoms with E-state index < -0.39 is 50.9 Å². The van der Waals surface area contributed by atoms with Gasteiger partial charge < -0.3 is 14.2 Å². The molecular formula is C29H32O9S2. The molecule has 214 valence electrons. The van der Waals surface area contributed by atoms with Gasteiger partial charge in [-0.2, -0.15) is 16.8 Å². The SMILES string of the molecule is CO[C@H]1O[C@H]2CC[C@@H](c3ccccc3)O[C@@H]2[C@H](OS(=O)(=O)c2ccc(C)cc2)[C@H]1OS(=O)(=O)c1ccc(C)cc1. The van der Waals surface area contributed by atoms with Crippen molar-refractivity contribution >= 4 is 20.2 Å². The van der Waals surface area contributed by atoms with Crippen LogP contribution in [-0.2, 0) is 42.8 Å². The molecule has 5 rings (SSSR count). The van der Waals surface area contributed by atoms with E-state index in [1.54, 1.807) is 24.3 Å².